The van der Waals surface area contributed by atoms with Gasteiger partial charge in [-0.15, -0.1) is 0 Å². The van der Waals surface area contributed by atoms with Crippen LogP contribution in [0.4, 0.5) is 0 Å². The van der Waals surface area contributed by atoms with Crippen LogP contribution in [0.15, 0.2) is 24.3 Å². The lowest BCUT2D eigenvalue weighted by atomic mass is 9.97. The summed E-state index contributed by atoms with van der Waals surface area (Å²) in [5, 5.41) is 0. The zero-order chi connectivity index (χ0) is 14.7. The highest BCUT2D eigenvalue weighted by atomic mass is 15.2. The van der Waals surface area contributed by atoms with Crippen molar-refractivity contribution in [1.82, 2.24) is 4.90 Å². The minimum Gasteiger partial charge on any atom is -0.329 e. The predicted octanol–water partition coefficient (Wildman–Crippen LogP) is 3.93. The average Bonchev–Trinajstić information content (AvgIpc) is 3.23. The first-order valence-corrected chi connectivity index (χ1v) is 8.04. The Morgan fingerprint density at radius 2 is 1.95 bits per heavy atom. The van der Waals surface area contributed by atoms with Crippen LogP contribution in [0.5, 0.6) is 0 Å². The van der Waals surface area contributed by atoms with Gasteiger partial charge >= 0.3 is 0 Å². The summed E-state index contributed by atoms with van der Waals surface area (Å²) in [6.07, 6.45) is 3.93. The van der Waals surface area contributed by atoms with Gasteiger partial charge in [-0.2, -0.15) is 0 Å². The highest BCUT2D eigenvalue weighted by molar-refractivity contribution is 5.31. The number of hydrogen-bond donors (Lipinski definition) is 1. The van der Waals surface area contributed by atoms with Crippen LogP contribution in [0.25, 0.3) is 0 Å². The molecule has 0 aliphatic heterocycles. The van der Waals surface area contributed by atoms with Crippen LogP contribution in [-0.2, 0) is 0 Å². The van der Waals surface area contributed by atoms with Gasteiger partial charge in [-0.25, -0.2) is 0 Å². The van der Waals surface area contributed by atoms with E-state index in [9.17, 15) is 0 Å². The van der Waals surface area contributed by atoms with Crippen molar-refractivity contribution >= 4 is 0 Å². The summed E-state index contributed by atoms with van der Waals surface area (Å²) in [6, 6.07) is 9.99. The summed E-state index contributed by atoms with van der Waals surface area (Å²) in [7, 11) is 2.22. The number of benzene rings is 1. The zero-order valence-electron chi connectivity index (χ0n) is 13.5. The van der Waals surface area contributed by atoms with Crippen molar-refractivity contribution in [2.24, 2.45) is 11.7 Å². The summed E-state index contributed by atoms with van der Waals surface area (Å²) in [6.45, 7) is 7.57. The van der Waals surface area contributed by atoms with Gasteiger partial charge in [0, 0.05) is 18.6 Å². The quantitative estimate of drug-likeness (QED) is 0.816. The van der Waals surface area contributed by atoms with E-state index < -0.39 is 0 Å². The summed E-state index contributed by atoms with van der Waals surface area (Å²) in [5.41, 5.74) is 8.96. The van der Waals surface area contributed by atoms with Crippen LogP contribution in [0.1, 0.15) is 63.1 Å². The lowest BCUT2D eigenvalue weighted by Crippen LogP contribution is -2.37. The fourth-order valence-electron chi connectivity index (χ4n) is 3.13. The van der Waals surface area contributed by atoms with E-state index in [-0.39, 0.29) is 0 Å². The third kappa shape index (κ3) is 3.83. The standard InChI is InChI=1S/C18H30N2/c1-13(2)10-14(3)20(4)18(12-19)17-7-5-6-16(11-17)15-8-9-15/h5-7,11,13-15,18H,8-10,12,19H2,1-4H3. The molecule has 20 heavy (non-hydrogen) atoms. The normalized spacial score (nSPS) is 18.6. The molecular weight excluding hydrogens is 244 g/mol. The number of rotatable bonds is 7. The average molecular weight is 274 g/mol. The zero-order valence-corrected chi connectivity index (χ0v) is 13.5. The minimum absolute atomic E-state index is 0.336. The SMILES string of the molecule is CC(C)CC(C)N(C)C(CN)c1cccc(C2CC2)c1. The first-order valence-electron chi connectivity index (χ1n) is 8.04. The third-order valence-corrected chi connectivity index (χ3v) is 4.57. The molecule has 1 aliphatic rings. The van der Waals surface area contributed by atoms with Gasteiger partial charge in [0.2, 0.25) is 0 Å². The summed E-state index contributed by atoms with van der Waals surface area (Å²) >= 11 is 0. The van der Waals surface area contributed by atoms with Gasteiger partial charge in [-0.1, -0.05) is 38.1 Å². The number of likely N-dealkylation sites (N-methyl/N-ethyl adjacent to an activating group) is 1. The molecule has 2 N–H and O–H groups in total. The molecule has 2 unspecified atom stereocenters. The molecule has 2 rings (SSSR count). The second-order valence-corrected chi connectivity index (χ2v) is 6.84. The van der Waals surface area contributed by atoms with Crippen molar-refractivity contribution in [3.8, 4) is 0 Å². The fraction of sp³-hybridized carbons (Fsp3) is 0.667. The predicted molar refractivity (Wildman–Crippen MR) is 86.9 cm³/mol. The van der Waals surface area contributed by atoms with Crippen molar-refractivity contribution in [2.45, 2.75) is 58.0 Å². The van der Waals surface area contributed by atoms with E-state index in [0.29, 0.717) is 18.6 Å². The van der Waals surface area contributed by atoms with E-state index in [4.69, 9.17) is 5.73 Å². The van der Waals surface area contributed by atoms with Crippen LogP contribution in [-0.4, -0.2) is 24.5 Å². The van der Waals surface area contributed by atoms with Crippen LogP contribution in [0.2, 0.25) is 0 Å². The van der Waals surface area contributed by atoms with Crippen LogP contribution in [0, 0.1) is 5.92 Å². The Bertz CT molecular complexity index is 423. The van der Waals surface area contributed by atoms with Gasteiger partial charge in [-0.05, 0) is 56.2 Å². The molecule has 1 fully saturated rings. The highest BCUT2D eigenvalue weighted by Crippen LogP contribution is 2.40. The van der Waals surface area contributed by atoms with E-state index in [1.807, 2.05) is 0 Å². The Kier molecular flexibility index (Phi) is 5.22. The van der Waals surface area contributed by atoms with Crippen LogP contribution in [0.3, 0.4) is 0 Å². The number of nitrogens with two attached hydrogens (primary N) is 1. The van der Waals surface area contributed by atoms with Crippen molar-refractivity contribution in [1.29, 1.82) is 0 Å². The molecule has 1 aliphatic carbocycles. The van der Waals surface area contributed by atoms with Gasteiger partial charge in [0.1, 0.15) is 0 Å². The van der Waals surface area contributed by atoms with E-state index in [2.05, 4.69) is 57.0 Å². The molecule has 0 heterocycles. The molecule has 2 nitrogen and oxygen atoms in total. The Morgan fingerprint density at radius 1 is 1.25 bits per heavy atom. The van der Waals surface area contributed by atoms with Crippen LogP contribution >= 0.6 is 0 Å². The number of nitrogens with zero attached hydrogens (tertiary/aromatic N) is 1. The van der Waals surface area contributed by atoms with E-state index >= 15 is 0 Å². The van der Waals surface area contributed by atoms with Gasteiger partial charge < -0.3 is 5.73 Å². The van der Waals surface area contributed by atoms with Gasteiger partial charge in [0.25, 0.3) is 0 Å². The summed E-state index contributed by atoms with van der Waals surface area (Å²) < 4.78 is 0. The number of hydrogen-bond acceptors (Lipinski definition) is 2. The lowest BCUT2D eigenvalue weighted by Gasteiger charge is -2.34. The third-order valence-electron chi connectivity index (χ3n) is 4.57. The van der Waals surface area contributed by atoms with E-state index in [0.717, 1.165) is 11.8 Å². The van der Waals surface area contributed by atoms with E-state index in [1.54, 1.807) is 0 Å². The second-order valence-electron chi connectivity index (χ2n) is 6.84. The maximum atomic E-state index is 6.07. The van der Waals surface area contributed by atoms with Gasteiger partial charge in [0.05, 0.1) is 0 Å². The second kappa shape index (κ2) is 6.73. The molecule has 0 amide bonds. The van der Waals surface area contributed by atoms with Gasteiger partial charge in [0.15, 0.2) is 0 Å². The molecule has 1 aromatic carbocycles. The Labute approximate surface area is 124 Å². The molecule has 0 radical (unpaired) electrons. The maximum Gasteiger partial charge on any atom is 0.0470 e. The maximum absolute atomic E-state index is 6.07. The molecule has 0 aromatic heterocycles. The Morgan fingerprint density at radius 3 is 2.50 bits per heavy atom. The fourth-order valence-corrected chi connectivity index (χ4v) is 3.13. The molecule has 112 valence electrons. The minimum atomic E-state index is 0.336. The molecule has 2 atom stereocenters. The van der Waals surface area contributed by atoms with Crippen molar-refractivity contribution in [3.05, 3.63) is 35.4 Å². The first-order chi connectivity index (χ1) is 9.52. The van der Waals surface area contributed by atoms with E-state index in [1.165, 1.54) is 30.4 Å². The Balaban J connectivity index is 2.11. The summed E-state index contributed by atoms with van der Waals surface area (Å²) in [5.74, 6) is 1.54. The van der Waals surface area contributed by atoms with Crippen molar-refractivity contribution in [3.63, 3.8) is 0 Å². The monoisotopic (exact) mass is 274 g/mol. The van der Waals surface area contributed by atoms with Gasteiger partial charge in [-0.3, -0.25) is 4.90 Å². The largest absolute Gasteiger partial charge is 0.329 e. The molecular formula is C18H30N2. The molecule has 2 heteroatoms. The van der Waals surface area contributed by atoms with Crippen molar-refractivity contribution in [2.75, 3.05) is 13.6 Å². The topological polar surface area (TPSA) is 29.3 Å². The highest BCUT2D eigenvalue weighted by Gasteiger charge is 2.25. The molecule has 0 saturated heterocycles. The summed E-state index contributed by atoms with van der Waals surface area (Å²) in [4.78, 5) is 2.45. The smallest absolute Gasteiger partial charge is 0.0470 e. The lowest BCUT2D eigenvalue weighted by molar-refractivity contribution is 0.168. The molecule has 1 aromatic rings. The molecule has 0 bridgehead atoms. The molecule has 1 saturated carbocycles. The van der Waals surface area contributed by atoms with Crippen LogP contribution < -0.4 is 5.73 Å². The van der Waals surface area contributed by atoms with Crippen molar-refractivity contribution < 1.29 is 0 Å². The molecule has 0 spiro atoms. The first kappa shape index (κ1) is 15.5. The Hall–Kier alpha value is -0.860.